The molecule has 5 rings (SSSR count). The maximum Gasteiger partial charge on any atom is 0.586 e. The van der Waals surface area contributed by atoms with Crippen molar-refractivity contribution in [3.8, 4) is 22.6 Å². The predicted molar refractivity (Wildman–Crippen MR) is 147 cm³/mol. The lowest BCUT2D eigenvalue weighted by Crippen LogP contribution is -2.29. The lowest BCUT2D eigenvalue weighted by atomic mass is 9.91. The minimum Gasteiger partial charge on any atom is -0.478 e. The quantitative estimate of drug-likeness (QED) is 0.289. The number of carbonyl (C=O) groups excluding carboxylic acids is 1. The Bertz CT molecular complexity index is 1530. The molecule has 0 atom stereocenters. The molecule has 0 fully saturated rings. The maximum absolute atomic E-state index is 13.1. The summed E-state index contributed by atoms with van der Waals surface area (Å²) in [5, 5.41) is 10.6. The minimum atomic E-state index is -3.62. The molecule has 0 radical (unpaired) electrons. The molecule has 4 aromatic rings. The van der Waals surface area contributed by atoms with Gasteiger partial charge in [0.25, 0.3) is 0 Å². The number of ether oxygens (including phenoxy) is 2. The van der Waals surface area contributed by atoms with Gasteiger partial charge in [0, 0.05) is 37.8 Å². The van der Waals surface area contributed by atoms with Crippen LogP contribution in [0.1, 0.15) is 43.1 Å². The molecular weight excluding hydrogens is 518 g/mol. The molecule has 1 aromatic heterocycles. The van der Waals surface area contributed by atoms with Gasteiger partial charge in [-0.15, -0.1) is 8.78 Å². The number of aromatic nitrogens is 1. The van der Waals surface area contributed by atoms with Gasteiger partial charge in [0.1, 0.15) is 0 Å². The second kappa shape index (κ2) is 11.3. The molecule has 9 heteroatoms. The number of alkyl halides is 2. The molecule has 1 aliphatic rings. The monoisotopic (exact) mass is 548 g/mol. The van der Waals surface area contributed by atoms with Crippen LogP contribution >= 0.6 is 0 Å². The SMILES string of the molecule is CN(Cc1ccc(-c2ccc3c(c2)OC(F)(F)O3)cc1)C(=O)CC(C)(C)C.O=C(O)c1ccc2cnccc2c1. The van der Waals surface area contributed by atoms with Crippen molar-refractivity contribution >= 4 is 22.6 Å². The number of aromatic carboxylic acids is 1. The number of amides is 1. The number of fused-ring (bicyclic) bond motifs is 2. The van der Waals surface area contributed by atoms with Crippen molar-refractivity contribution in [3.63, 3.8) is 0 Å². The Balaban J connectivity index is 0.000000236. The highest BCUT2D eigenvalue weighted by Gasteiger charge is 2.43. The smallest absolute Gasteiger partial charge is 0.478 e. The standard InChI is InChI=1S/C21H23F2NO3.C10H7NO2/c1-20(2,3)12-19(25)24(4)13-14-5-7-15(8-6-14)16-9-10-17-18(11-16)27-21(22,23)26-17;12-10(13)8-1-2-9-6-11-4-3-7(9)5-8/h5-11H,12-13H2,1-4H3;1-6H,(H,12,13). The summed E-state index contributed by atoms with van der Waals surface area (Å²) in [5.41, 5.74) is 2.86. The molecule has 208 valence electrons. The van der Waals surface area contributed by atoms with Crippen molar-refractivity contribution in [2.45, 2.75) is 40.0 Å². The van der Waals surface area contributed by atoms with Crippen molar-refractivity contribution in [1.29, 1.82) is 0 Å². The Morgan fingerprint density at radius 2 is 1.57 bits per heavy atom. The molecule has 0 saturated heterocycles. The molecular formula is C31H30F2N2O5. The largest absolute Gasteiger partial charge is 0.586 e. The van der Waals surface area contributed by atoms with Crippen LogP contribution in [0.3, 0.4) is 0 Å². The summed E-state index contributed by atoms with van der Waals surface area (Å²) in [6.45, 7) is 6.63. The number of halogens is 2. The van der Waals surface area contributed by atoms with E-state index in [1.54, 1.807) is 54.7 Å². The molecule has 0 aliphatic carbocycles. The molecule has 2 heterocycles. The third kappa shape index (κ3) is 7.31. The van der Waals surface area contributed by atoms with Crippen LogP contribution in [0.2, 0.25) is 0 Å². The Hall–Kier alpha value is -4.53. The zero-order valence-corrected chi connectivity index (χ0v) is 22.7. The highest BCUT2D eigenvalue weighted by atomic mass is 19.3. The van der Waals surface area contributed by atoms with Crippen molar-refractivity contribution in [1.82, 2.24) is 9.88 Å². The van der Waals surface area contributed by atoms with Gasteiger partial charge in [-0.2, -0.15) is 0 Å². The van der Waals surface area contributed by atoms with Crippen LogP contribution in [0.25, 0.3) is 21.9 Å². The lowest BCUT2D eigenvalue weighted by molar-refractivity contribution is -0.286. The zero-order valence-electron chi connectivity index (χ0n) is 22.7. The fourth-order valence-electron chi connectivity index (χ4n) is 4.10. The Morgan fingerprint density at radius 3 is 2.25 bits per heavy atom. The van der Waals surface area contributed by atoms with E-state index in [4.69, 9.17) is 5.11 Å². The first-order valence-corrected chi connectivity index (χ1v) is 12.6. The number of carboxylic acids is 1. The summed E-state index contributed by atoms with van der Waals surface area (Å²) in [6, 6.07) is 19.1. The number of benzene rings is 3. The number of hydrogen-bond donors (Lipinski definition) is 1. The predicted octanol–water partition coefficient (Wildman–Crippen LogP) is 7.00. The summed E-state index contributed by atoms with van der Waals surface area (Å²) < 4.78 is 35.2. The molecule has 7 nitrogen and oxygen atoms in total. The first-order valence-electron chi connectivity index (χ1n) is 12.6. The number of pyridine rings is 1. The van der Waals surface area contributed by atoms with Crippen LogP contribution < -0.4 is 9.47 Å². The minimum absolute atomic E-state index is 0.0223. The summed E-state index contributed by atoms with van der Waals surface area (Å²) >= 11 is 0. The average molecular weight is 549 g/mol. The third-order valence-corrected chi connectivity index (χ3v) is 6.10. The van der Waals surface area contributed by atoms with Gasteiger partial charge in [-0.05, 0) is 57.8 Å². The Morgan fingerprint density at radius 1 is 0.900 bits per heavy atom. The Kier molecular flexibility index (Phi) is 8.04. The van der Waals surface area contributed by atoms with E-state index in [0.29, 0.717) is 18.5 Å². The normalized spacial score (nSPS) is 13.3. The molecule has 0 bridgehead atoms. The van der Waals surface area contributed by atoms with Crippen molar-refractivity contribution in [2.24, 2.45) is 5.41 Å². The van der Waals surface area contributed by atoms with Gasteiger partial charge in [-0.25, -0.2) is 4.79 Å². The van der Waals surface area contributed by atoms with Crippen molar-refractivity contribution < 1.29 is 33.0 Å². The van der Waals surface area contributed by atoms with Gasteiger partial charge in [-0.1, -0.05) is 57.2 Å². The lowest BCUT2D eigenvalue weighted by Gasteiger charge is -2.23. The first kappa shape index (κ1) is 28.5. The molecule has 40 heavy (non-hydrogen) atoms. The van der Waals surface area contributed by atoms with E-state index < -0.39 is 12.3 Å². The van der Waals surface area contributed by atoms with Crippen molar-refractivity contribution in [3.05, 3.63) is 90.3 Å². The topological polar surface area (TPSA) is 89.0 Å². The second-order valence-electron chi connectivity index (χ2n) is 10.8. The van der Waals surface area contributed by atoms with Crippen LogP contribution in [0.5, 0.6) is 11.5 Å². The maximum atomic E-state index is 13.1. The number of carboxylic acid groups (broad SMARTS) is 1. The van der Waals surface area contributed by atoms with Gasteiger partial charge in [0.05, 0.1) is 5.56 Å². The van der Waals surface area contributed by atoms with E-state index in [1.165, 1.54) is 12.1 Å². The third-order valence-electron chi connectivity index (χ3n) is 6.10. The van der Waals surface area contributed by atoms with E-state index in [-0.39, 0.29) is 22.8 Å². The second-order valence-corrected chi connectivity index (χ2v) is 10.8. The van der Waals surface area contributed by atoms with Crippen LogP contribution in [0, 0.1) is 5.41 Å². The summed E-state index contributed by atoms with van der Waals surface area (Å²) in [6.07, 6.45) is 0.229. The molecule has 1 N–H and O–H groups in total. The van der Waals surface area contributed by atoms with Crippen LogP contribution in [-0.4, -0.2) is 40.2 Å². The highest BCUT2D eigenvalue weighted by Crippen LogP contribution is 2.42. The fourth-order valence-corrected chi connectivity index (χ4v) is 4.10. The molecule has 0 unspecified atom stereocenters. The fraction of sp³-hybridized carbons (Fsp3) is 0.258. The summed E-state index contributed by atoms with van der Waals surface area (Å²) in [4.78, 5) is 28.5. The first-order chi connectivity index (χ1) is 18.8. The van der Waals surface area contributed by atoms with Gasteiger partial charge >= 0.3 is 12.3 Å². The Labute approximate surface area is 231 Å². The van der Waals surface area contributed by atoms with Crippen LogP contribution in [-0.2, 0) is 11.3 Å². The summed E-state index contributed by atoms with van der Waals surface area (Å²) in [7, 11) is 1.79. The van der Waals surface area contributed by atoms with Crippen LogP contribution in [0.4, 0.5) is 8.78 Å². The highest BCUT2D eigenvalue weighted by molar-refractivity contribution is 5.94. The molecule has 3 aromatic carbocycles. The van der Waals surface area contributed by atoms with E-state index in [0.717, 1.165) is 27.5 Å². The number of nitrogens with zero attached hydrogens (tertiary/aromatic N) is 2. The van der Waals surface area contributed by atoms with Gasteiger partial charge in [0.15, 0.2) is 11.5 Å². The van der Waals surface area contributed by atoms with Gasteiger partial charge < -0.3 is 19.5 Å². The molecule has 0 saturated carbocycles. The van der Waals surface area contributed by atoms with Gasteiger partial charge in [-0.3, -0.25) is 9.78 Å². The number of rotatable bonds is 5. The van der Waals surface area contributed by atoms with Crippen molar-refractivity contribution in [2.75, 3.05) is 7.05 Å². The van der Waals surface area contributed by atoms with E-state index in [2.05, 4.69) is 14.5 Å². The molecule has 0 spiro atoms. The number of hydrogen-bond acceptors (Lipinski definition) is 5. The van der Waals surface area contributed by atoms with Crippen LogP contribution in [0.15, 0.2) is 79.1 Å². The summed E-state index contributed by atoms with van der Waals surface area (Å²) in [5.74, 6) is -0.754. The van der Waals surface area contributed by atoms with Gasteiger partial charge in [0.2, 0.25) is 5.91 Å². The van der Waals surface area contributed by atoms with E-state index in [1.807, 2.05) is 45.0 Å². The zero-order chi connectivity index (χ0) is 29.1. The average Bonchev–Trinajstić information content (AvgIpc) is 3.21. The molecule has 1 aliphatic heterocycles. The molecule has 1 amide bonds. The van der Waals surface area contributed by atoms with E-state index in [9.17, 15) is 18.4 Å². The number of carbonyl (C=O) groups is 2. The van der Waals surface area contributed by atoms with E-state index >= 15 is 0 Å².